The average molecular weight is 148 g/mol. The number of hydrogen-bond acceptors (Lipinski definition) is 1. The van der Waals surface area contributed by atoms with E-state index in [1.165, 1.54) is 30.4 Å². The molecule has 0 heterocycles. The Morgan fingerprint density at radius 2 is 1.82 bits per heavy atom. The maximum absolute atomic E-state index is 11.0. The largest absolute Gasteiger partial charge is 0.295 e. The summed E-state index contributed by atoms with van der Waals surface area (Å²) in [6.07, 6.45) is 9.47. The topological polar surface area (TPSA) is 17.1 Å². The van der Waals surface area contributed by atoms with Crippen LogP contribution in [0.5, 0.6) is 0 Å². The van der Waals surface area contributed by atoms with Crippen LogP contribution in [-0.2, 0) is 4.79 Å². The normalized spacial score (nSPS) is 23.8. The third-order valence-electron chi connectivity index (χ3n) is 2.44. The molecule has 2 aliphatic rings. The summed E-state index contributed by atoms with van der Waals surface area (Å²) < 4.78 is 0. The molecular formula is C10H12O. The van der Waals surface area contributed by atoms with Gasteiger partial charge in [0.15, 0.2) is 5.78 Å². The molecule has 11 heavy (non-hydrogen) atoms. The number of carbonyl (C=O) groups excluding carboxylic acids is 1. The van der Waals surface area contributed by atoms with Gasteiger partial charge < -0.3 is 0 Å². The van der Waals surface area contributed by atoms with E-state index in [-0.39, 0.29) is 5.78 Å². The van der Waals surface area contributed by atoms with E-state index in [0.717, 1.165) is 6.42 Å². The minimum absolute atomic E-state index is 0.283. The highest BCUT2D eigenvalue weighted by molar-refractivity contribution is 5.93. The van der Waals surface area contributed by atoms with Crippen molar-refractivity contribution >= 4 is 5.78 Å². The van der Waals surface area contributed by atoms with Gasteiger partial charge in [-0.1, -0.05) is 6.08 Å². The van der Waals surface area contributed by atoms with Gasteiger partial charge in [-0.3, -0.25) is 4.79 Å². The molecule has 0 bridgehead atoms. The Balaban J connectivity index is 2.26. The third-order valence-corrected chi connectivity index (χ3v) is 2.44. The Labute approximate surface area is 66.8 Å². The molecule has 0 spiro atoms. The Hall–Kier alpha value is -0.850. The lowest BCUT2D eigenvalue weighted by Gasteiger charge is -2.20. The van der Waals surface area contributed by atoms with Crippen molar-refractivity contribution in [3.05, 3.63) is 23.3 Å². The number of rotatable bonds is 0. The molecule has 0 amide bonds. The number of carbonyl (C=O) groups is 1. The minimum atomic E-state index is 0.283. The van der Waals surface area contributed by atoms with Gasteiger partial charge in [0, 0.05) is 6.42 Å². The average Bonchev–Trinajstić information content (AvgIpc) is 2.04. The lowest BCUT2D eigenvalue weighted by atomic mass is 9.85. The van der Waals surface area contributed by atoms with Gasteiger partial charge in [0.1, 0.15) is 0 Å². The Bertz CT molecular complexity index is 246. The summed E-state index contributed by atoms with van der Waals surface area (Å²) in [5.41, 5.74) is 2.75. The second-order valence-electron chi connectivity index (χ2n) is 3.28. The lowest BCUT2D eigenvalue weighted by molar-refractivity contribution is -0.114. The maximum atomic E-state index is 11.0. The van der Waals surface area contributed by atoms with E-state index in [0.29, 0.717) is 6.42 Å². The SMILES string of the molecule is O=C1C=C2CCCCC2=CC1. The van der Waals surface area contributed by atoms with E-state index in [1.807, 2.05) is 6.08 Å². The van der Waals surface area contributed by atoms with Crippen LogP contribution in [0.15, 0.2) is 23.3 Å². The van der Waals surface area contributed by atoms with Crippen LogP contribution in [-0.4, -0.2) is 5.78 Å². The summed E-state index contributed by atoms with van der Waals surface area (Å²) in [6.45, 7) is 0. The summed E-state index contributed by atoms with van der Waals surface area (Å²) in [7, 11) is 0. The van der Waals surface area contributed by atoms with Gasteiger partial charge in [-0.05, 0) is 42.9 Å². The maximum Gasteiger partial charge on any atom is 0.159 e. The molecular weight excluding hydrogens is 136 g/mol. The molecule has 0 aromatic carbocycles. The Kier molecular flexibility index (Phi) is 1.65. The molecule has 2 rings (SSSR count). The van der Waals surface area contributed by atoms with Crippen molar-refractivity contribution in [1.29, 1.82) is 0 Å². The number of fused-ring (bicyclic) bond motifs is 1. The first-order chi connectivity index (χ1) is 5.36. The number of hydrogen-bond donors (Lipinski definition) is 0. The fraction of sp³-hybridized carbons (Fsp3) is 0.500. The Morgan fingerprint density at radius 1 is 1.09 bits per heavy atom. The van der Waals surface area contributed by atoms with Gasteiger partial charge in [0.2, 0.25) is 0 Å². The van der Waals surface area contributed by atoms with Gasteiger partial charge in [0.05, 0.1) is 0 Å². The van der Waals surface area contributed by atoms with Crippen molar-refractivity contribution in [2.45, 2.75) is 32.1 Å². The smallest absolute Gasteiger partial charge is 0.159 e. The first-order valence-corrected chi connectivity index (χ1v) is 4.29. The van der Waals surface area contributed by atoms with E-state index in [2.05, 4.69) is 6.08 Å². The number of ketones is 1. The van der Waals surface area contributed by atoms with Crippen molar-refractivity contribution in [1.82, 2.24) is 0 Å². The molecule has 0 aromatic rings. The summed E-state index contributed by atoms with van der Waals surface area (Å²) >= 11 is 0. The molecule has 1 heteroatoms. The van der Waals surface area contributed by atoms with Crippen molar-refractivity contribution in [2.24, 2.45) is 0 Å². The van der Waals surface area contributed by atoms with Crippen LogP contribution in [0.4, 0.5) is 0 Å². The Morgan fingerprint density at radius 3 is 2.64 bits per heavy atom. The molecule has 0 aliphatic heterocycles. The monoisotopic (exact) mass is 148 g/mol. The van der Waals surface area contributed by atoms with Gasteiger partial charge in [-0.25, -0.2) is 0 Å². The summed E-state index contributed by atoms with van der Waals surface area (Å²) in [5, 5.41) is 0. The molecule has 0 N–H and O–H groups in total. The first-order valence-electron chi connectivity index (χ1n) is 4.29. The van der Waals surface area contributed by atoms with Gasteiger partial charge in [0.25, 0.3) is 0 Å². The van der Waals surface area contributed by atoms with E-state index >= 15 is 0 Å². The van der Waals surface area contributed by atoms with E-state index in [9.17, 15) is 4.79 Å². The predicted octanol–water partition coefficient (Wildman–Crippen LogP) is 2.39. The first kappa shape index (κ1) is 6.84. The molecule has 1 fully saturated rings. The zero-order chi connectivity index (χ0) is 7.68. The van der Waals surface area contributed by atoms with Gasteiger partial charge in [-0.15, -0.1) is 0 Å². The predicted molar refractivity (Wildman–Crippen MR) is 44.3 cm³/mol. The summed E-state index contributed by atoms with van der Waals surface area (Å²) in [6, 6.07) is 0. The minimum Gasteiger partial charge on any atom is -0.295 e. The molecule has 0 saturated heterocycles. The van der Waals surface area contributed by atoms with Gasteiger partial charge in [-0.2, -0.15) is 0 Å². The summed E-state index contributed by atoms with van der Waals surface area (Å²) in [5.74, 6) is 0.283. The van der Waals surface area contributed by atoms with E-state index in [4.69, 9.17) is 0 Å². The highest BCUT2D eigenvalue weighted by Gasteiger charge is 2.15. The standard InChI is InChI=1S/C10H12O/c11-10-6-5-8-3-1-2-4-9(8)7-10/h5,7H,1-4,6H2. The summed E-state index contributed by atoms with van der Waals surface area (Å²) in [4.78, 5) is 11.0. The lowest BCUT2D eigenvalue weighted by Crippen LogP contribution is -2.07. The van der Waals surface area contributed by atoms with Crippen LogP contribution in [0.25, 0.3) is 0 Å². The van der Waals surface area contributed by atoms with Crippen LogP contribution in [0.2, 0.25) is 0 Å². The molecule has 0 atom stereocenters. The van der Waals surface area contributed by atoms with Crippen LogP contribution in [0.1, 0.15) is 32.1 Å². The number of allylic oxidation sites excluding steroid dienone is 4. The van der Waals surface area contributed by atoms with Crippen LogP contribution in [0, 0.1) is 0 Å². The molecule has 2 aliphatic carbocycles. The zero-order valence-electron chi connectivity index (χ0n) is 6.60. The fourth-order valence-electron chi connectivity index (χ4n) is 1.83. The molecule has 0 aromatic heterocycles. The van der Waals surface area contributed by atoms with Crippen molar-refractivity contribution in [3.8, 4) is 0 Å². The van der Waals surface area contributed by atoms with E-state index < -0.39 is 0 Å². The van der Waals surface area contributed by atoms with E-state index in [1.54, 1.807) is 0 Å². The molecule has 1 saturated carbocycles. The highest BCUT2D eigenvalue weighted by atomic mass is 16.1. The second kappa shape index (κ2) is 2.65. The van der Waals surface area contributed by atoms with Crippen LogP contribution >= 0.6 is 0 Å². The molecule has 0 radical (unpaired) electrons. The van der Waals surface area contributed by atoms with Crippen LogP contribution in [0.3, 0.4) is 0 Å². The third kappa shape index (κ3) is 1.28. The second-order valence-corrected chi connectivity index (χ2v) is 3.28. The molecule has 0 unspecified atom stereocenters. The van der Waals surface area contributed by atoms with Crippen molar-refractivity contribution in [3.63, 3.8) is 0 Å². The van der Waals surface area contributed by atoms with Crippen molar-refractivity contribution < 1.29 is 4.79 Å². The molecule has 58 valence electrons. The van der Waals surface area contributed by atoms with Crippen LogP contribution < -0.4 is 0 Å². The zero-order valence-corrected chi connectivity index (χ0v) is 6.60. The van der Waals surface area contributed by atoms with Crippen molar-refractivity contribution in [2.75, 3.05) is 0 Å². The quantitative estimate of drug-likeness (QED) is 0.515. The highest BCUT2D eigenvalue weighted by Crippen LogP contribution is 2.31. The van der Waals surface area contributed by atoms with Gasteiger partial charge >= 0.3 is 0 Å². The fourth-order valence-corrected chi connectivity index (χ4v) is 1.83. The molecule has 1 nitrogen and oxygen atoms in total.